The van der Waals surface area contributed by atoms with E-state index in [1.54, 1.807) is 25.3 Å². The minimum absolute atomic E-state index is 0.359. The fourth-order valence-electron chi connectivity index (χ4n) is 2.88. The van der Waals surface area contributed by atoms with Crippen LogP contribution in [0.25, 0.3) is 10.2 Å². The molecule has 0 aliphatic heterocycles. The average Bonchev–Trinajstić information content (AvgIpc) is 2.97. The van der Waals surface area contributed by atoms with Crippen molar-refractivity contribution in [3.63, 3.8) is 0 Å². The summed E-state index contributed by atoms with van der Waals surface area (Å²) in [7, 11) is 3.08. The van der Waals surface area contributed by atoms with Crippen LogP contribution in [-0.2, 0) is 6.54 Å². The first-order chi connectivity index (χ1) is 12.5. The van der Waals surface area contributed by atoms with Crippen LogP contribution in [0.4, 0.5) is 0 Å². The number of carbonyl (C=O) groups is 1. The number of ether oxygens (including phenoxy) is 2. The van der Waals surface area contributed by atoms with Gasteiger partial charge in [0, 0.05) is 17.6 Å². The second kappa shape index (κ2) is 7.51. The van der Waals surface area contributed by atoms with E-state index in [1.165, 1.54) is 18.4 Å². The Morgan fingerprint density at radius 2 is 2.00 bits per heavy atom. The van der Waals surface area contributed by atoms with Crippen molar-refractivity contribution >= 4 is 39.1 Å². The summed E-state index contributed by atoms with van der Waals surface area (Å²) in [5.74, 6) is 0.692. The second-order valence-corrected chi connectivity index (χ2v) is 7.13. The molecule has 2 aromatic carbocycles. The highest BCUT2D eigenvalue weighted by Gasteiger charge is 2.15. The Labute approximate surface area is 160 Å². The van der Waals surface area contributed by atoms with Gasteiger partial charge in [-0.25, -0.2) is 0 Å². The number of rotatable bonds is 4. The zero-order valence-corrected chi connectivity index (χ0v) is 16.6. The molecule has 1 amide bonds. The number of amides is 1. The zero-order valence-electron chi connectivity index (χ0n) is 15.0. The topological polar surface area (TPSA) is 52.8 Å². The molecule has 0 saturated carbocycles. The van der Waals surface area contributed by atoms with Gasteiger partial charge in [-0.05, 0) is 43.7 Å². The third kappa shape index (κ3) is 3.34. The van der Waals surface area contributed by atoms with Crippen molar-refractivity contribution in [3.8, 4) is 11.5 Å². The molecule has 1 aromatic heterocycles. The van der Waals surface area contributed by atoms with Gasteiger partial charge in [0.25, 0.3) is 5.91 Å². The normalized spacial score (nSPS) is 11.8. The molecule has 0 radical (unpaired) electrons. The third-order valence-electron chi connectivity index (χ3n) is 4.08. The van der Waals surface area contributed by atoms with Crippen LogP contribution in [-0.4, -0.2) is 24.7 Å². The van der Waals surface area contributed by atoms with E-state index >= 15 is 0 Å². The number of aryl methyl sites for hydroxylation is 2. The van der Waals surface area contributed by atoms with Crippen molar-refractivity contribution in [1.82, 2.24) is 4.57 Å². The molecule has 26 heavy (non-hydrogen) atoms. The van der Waals surface area contributed by atoms with E-state index in [0.717, 1.165) is 15.8 Å². The lowest BCUT2D eigenvalue weighted by molar-refractivity contribution is 0.0995. The van der Waals surface area contributed by atoms with Gasteiger partial charge in [-0.15, -0.1) is 0 Å². The van der Waals surface area contributed by atoms with Crippen molar-refractivity contribution in [3.05, 3.63) is 51.3 Å². The fourth-order valence-corrected chi connectivity index (χ4v) is 4.42. The lowest BCUT2D eigenvalue weighted by Crippen LogP contribution is -2.16. The lowest BCUT2D eigenvalue weighted by atomic mass is 10.2. The molecule has 136 valence electrons. The van der Waals surface area contributed by atoms with E-state index in [0.29, 0.717) is 33.4 Å². The number of aromatic nitrogens is 1. The van der Waals surface area contributed by atoms with Gasteiger partial charge in [0.15, 0.2) is 4.80 Å². The molecule has 0 atom stereocenters. The molecule has 7 heteroatoms. The number of carbonyl (C=O) groups excluding carboxylic acids is 1. The Balaban J connectivity index is 2.16. The van der Waals surface area contributed by atoms with Crippen molar-refractivity contribution in [1.29, 1.82) is 0 Å². The smallest absolute Gasteiger partial charge is 0.283 e. The Morgan fingerprint density at radius 1 is 1.23 bits per heavy atom. The predicted octanol–water partition coefficient (Wildman–Crippen LogP) is 4.44. The second-order valence-electron chi connectivity index (χ2n) is 5.68. The molecule has 0 bridgehead atoms. The number of hydrogen-bond acceptors (Lipinski definition) is 4. The van der Waals surface area contributed by atoms with Gasteiger partial charge in [-0.2, -0.15) is 4.99 Å². The monoisotopic (exact) mass is 390 g/mol. The van der Waals surface area contributed by atoms with Gasteiger partial charge < -0.3 is 14.0 Å². The Bertz CT molecular complexity index is 1050. The van der Waals surface area contributed by atoms with Crippen LogP contribution >= 0.6 is 22.9 Å². The van der Waals surface area contributed by atoms with Crippen LogP contribution in [0.15, 0.2) is 35.3 Å². The summed E-state index contributed by atoms with van der Waals surface area (Å²) in [5, 5.41) is 0.675. The van der Waals surface area contributed by atoms with Gasteiger partial charge in [0.05, 0.1) is 30.0 Å². The molecule has 0 spiro atoms. The van der Waals surface area contributed by atoms with Crippen molar-refractivity contribution in [2.75, 3.05) is 14.2 Å². The van der Waals surface area contributed by atoms with E-state index in [9.17, 15) is 4.79 Å². The molecule has 1 heterocycles. The summed E-state index contributed by atoms with van der Waals surface area (Å²) in [5.41, 5.74) is 2.50. The number of hydrogen-bond donors (Lipinski definition) is 0. The molecule has 5 nitrogen and oxygen atoms in total. The molecule has 3 aromatic rings. The number of benzene rings is 2. The molecular weight excluding hydrogens is 372 g/mol. The minimum atomic E-state index is -0.359. The lowest BCUT2D eigenvalue weighted by Gasteiger charge is -2.07. The highest BCUT2D eigenvalue weighted by atomic mass is 35.5. The predicted molar refractivity (Wildman–Crippen MR) is 105 cm³/mol. The summed E-state index contributed by atoms with van der Waals surface area (Å²) in [6.07, 6.45) is 0. The van der Waals surface area contributed by atoms with Gasteiger partial charge in [0.1, 0.15) is 11.5 Å². The Hall–Kier alpha value is -2.31. The highest BCUT2D eigenvalue weighted by Crippen LogP contribution is 2.27. The quantitative estimate of drug-likeness (QED) is 0.661. The zero-order chi connectivity index (χ0) is 18.8. The highest BCUT2D eigenvalue weighted by molar-refractivity contribution is 7.16. The SMILES string of the molecule is CCn1c(=NC(=O)c2ccc(OC)cc2OC)sc2cc(Cl)cc(C)c21. The summed E-state index contributed by atoms with van der Waals surface area (Å²) in [6, 6.07) is 8.87. The maximum atomic E-state index is 12.8. The summed E-state index contributed by atoms with van der Waals surface area (Å²) < 4.78 is 13.5. The van der Waals surface area contributed by atoms with Gasteiger partial charge >= 0.3 is 0 Å². The molecule has 0 aliphatic carbocycles. The molecule has 0 fully saturated rings. The average molecular weight is 391 g/mol. The van der Waals surface area contributed by atoms with Crippen molar-refractivity contribution < 1.29 is 14.3 Å². The molecule has 0 N–H and O–H groups in total. The van der Waals surface area contributed by atoms with Crippen LogP contribution in [0.2, 0.25) is 5.02 Å². The largest absolute Gasteiger partial charge is 0.497 e. The third-order valence-corrected chi connectivity index (χ3v) is 5.33. The molecular formula is C19H19ClN2O3S. The van der Waals surface area contributed by atoms with Crippen LogP contribution in [0, 0.1) is 6.92 Å². The van der Waals surface area contributed by atoms with E-state index in [4.69, 9.17) is 21.1 Å². The molecule has 0 unspecified atom stereocenters. The maximum Gasteiger partial charge on any atom is 0.283 e. The van der Waals surface area contributed by atoms with Crippen LogP contribution in [0.5, 0.6) is 11.5 Å². The first kappa shape index (κ1) is 18.5. The number of fused-ring (bicyclic) bond motifs is 1. The van der Waals surface area contributed by atoms with Crippen LogP contribution in [0.1, 0.15) is 22.8 Å². The number of nitrogens with zero attached hydrogens (tertiary/aromatic N) is 2. The summed E-state index contributed by atoms with van der Waals surface area (Å²) in [6.45, 7) is 4.73. The van der Waals surface area contributed by atoms with Crippen molar-refractivity contribution in [2.24, 2.45) is 4.99 Å². The van der Waals surface area contributed by atoms with E-state index in [1.807, 2.05) is 30.5 Å². The number of methoxy groups -OCH3 is 2. The van der Waals surface area contributed by atoms with Crippen LogP contribution < -0.4 is 14.3 Å². The molecule has 3 rings (SSSR count). The van der Waals surface area contributed by atoms with E-state index in [-0.39, 0.29) is 5.91 Å². The van der Waals surface area contributed by atoms with Gasteiger partial charge in [-0.1, -0.05) is 22.9 Å². The van der Waals surface area contributed by atoms with Crippen LogP contribution in [0.3, 0.4) is 0 Å². The number of halogens is 1. The van der Waals surface area contributed by atoms with Gasteiger partial charge in [0.2, 0.25) is 0 Å². The molecule has 0 aliphatic rings. The molecule has 0 saturated heterocycles. The number of thiazole rings is 1. The Kier molecular flexibility index (Phi) is 5.34. The fraction of sp³-hybridized carbons (Fsp3) is 0.263. The Morgan fingerprint density at radius 3 is 2.65 bits per heavy atom. The summed E-state index contributed by atoms with van der Waals surface area (Å²) in [4.78, 5) is 17.8. The first-order valence-corrected chi connectivity index (χ1v) is 9.28. The standard InChI is InChI=1S/C19H19ClN2O3S/c1-5-22-17-11(2)8-12(20)9-16(17)26-19(22)21-18(23)14-7-6-13(24-3)10-15(14)25-4/h6-10H,5H2,1-4H3. The van der Waals surface area contributed by atoms with Gasteiger partial charge in [-0.3, -0.25) is 4.79 Å². The maximum absolute atomic E-state index is 12.8. The summed E-state index contributed by atoms with van der Waals surface area (Å²) >= 11 is 7.62. The van der Waals surface area contributed by atoms with Crippen molar-refractivity contribution in [2.45, 2.75) is 20.4 Å². The van der Waals surface area contributed by atoms with E-state index in [2.05, 4.69) is 4.99 Å². The first-order valence-electron chi connectivity index (χ1n) is 8.09. The minimum Gasteiger partial charge on any atom is -0.497 e. The van der Waals surface area contributed by atoms with E-state index < -0.39 is 0 Å².